The fourth-order valence-corrected chi connectivity index (χ4v) is 2.85. The monoisotopic (exact) mass is 313 g/mol. The molecule has 0 aliphatic rings. The molecule has 2 aromatic heterocycles. The maximum atomic E-state index is 12.1. The highest BCUT2D eigenvalue weighted by Crippen LogP contribution is 2.14. The maximum Gasteiger partial charge on any atom is 0.225 e. The van der Waals surface area contributed by atoms with Gasteiger partial charge in [-0.3, -0.25) is 4.79 Å². The molecule has 0 aliphatic heterocycles. The highest BCUT2D eigenvalue weighted by molar-refractivity contribution is 7.10. The smallest absolute Gasteiger partial charge is 0.225 e. The molecule has 0 radical (unpaired) electrons. The molecule has 0 bridgehead atoms. The van der Waals surface area contributed by atoms with Crippen LogP contribution in [0.15, 0.2) is 47.8 Å². The predicted octanol–water partition coefficient (Wildman–Crippen LogP) is 2.14. The fourth-order valence-electron chi connectivity index (χ4n) is 2.15. The lowest BCUT2D eigenvalue weighted by atomic mass is 10.2. The van der Waals surface area contributed by atoms with Gasteiger partial charge in [0, 0.05) is 4.88 Å². The largest absolute Gasteiger partial charge is 0.346 e. The van der Waals surface area contributed by atoms with Crippen LogP contribution in [-0.2, 0) is 11.2 Å². The van der Waals surface area contributed by atoms with Gasteiger partial charge in [-0.2, -0.15) is 4.68 Å². The number of hydrogen-bond acceptors (Lipinski definition) is 5. The van der Waals surface area contributed by atoms with Crippen LogP contribution < -0.4 is 5.32 Å². The molecule has 1 N–H and O–H groups in total. The summed E-state index contributed by atoms with van der Waals surface area (Å²) in [7, 11) is 0. The van der Waals surface area contributed by atoms with Crippen molar-refractivity contribution in [3.8, 4) is 5.69 Å². The van der Waals surface area contributed by atoms with Gasteiger partial charge in [-0.15, -0.1) is 16.4 Å². The molecule has 7 heteroatoms. The molecule has 0 saturated heterocycles. The number of nitrogens with one attached hydrogen (secondary N) is 1. The fraction of sp³-hybridized carbons (Fsp3) is 0.200. The van der Waals surface area contributed by atoms with Gasteiger partial charge >= 0.3 is 0 Å². The van der Waals surface area contributed by atoms with Gasteiger partial charge in [0.2, 0.25) is 5.91 Å². The molecule has 0 saturated carbocycles. The molecule has 3 aromatic rings. The molecule has 1 amide bonds. The molecule has 0 fully saturated rings. The van der Waals surface area contributed by atoms with Gasteiger partial charge < -0.3 is 5.32 Å². The van der Waals surface area contributed by atoms with Gasteiger partial charge in [-0.1, -0.05) is 24.3 Å². The van der Waals surface area contributed by atoms with Crippen LogP contribution in [0.3, 0.4) is 0 Å². The summed E-state index contributed by atoms with van der Waals surface area (Å²) in [5.41, 5.74) is 0.863. The lowest BCUT2D eigenvalue weighted by Crippen LogP contribution is -2.29. The zero-order chi connectivity index (χ0) is 15.4. The van der Waals surface area contributed by atoms with Crippen LogP contribution in [0.1, 0.15) is 23.7 Å². The Morgan fingerprint density at radius 1 is 1.27 bits per heavy atom. The molecule has 0 spiro atoms. The van der Waals surface area contributed by atoms with Crippen molar-refractivity contribution >= 4 is 17.2 Å². The third-order valence-corrected chi connectivity index (χ3v) is 4.05. The second-order valence-electron chi connectivity index (χ2n) is 4.83. The molecule has 22 heavy (non-hydrogen) atoms. The van der Waals surface area contributed by atoms with Gasteiger partial charge in [0.1, 0.15) is 0 Å². The Morgan fingerprint density at radius 2 is 2.09 bits per heavy atom. The van der Waals surface area contributed by atoms with E-state index in [-0.39, 0.29) is 11.9 Å². The summed E-state index contributed by atoms with van der Waals surface area (Å²) in [6.45, 7) is 1.87. The minimum atomic E-state index is -0.275. The van der Waals surface area contributed by atoms with Gasteiger partial charge in [-0.05, 0) is 40.9 Å². The molecular formula is C15H15N5OS. The number of thiophene rings is 1. The van der Waals surface area contributed by atoms with Crippen molar-refractivity contribution in [2.45, 2.75) is 19.4 Å². The Balaban J connectivity index is 1.72. The standard InChI is InChI=1S/C15H15N5OS/c1-11(16-14(21)10-13-8-5-9-22-13)15-17-18-19-20(15)12-6-3-2-4-7-12/h2-9,11H,10H2,1H3,(H,16,21). The number of hydrogen-bond donors (Lipinski definition) is 1. The zero-order valence-corrected chi connectivity index (χ0v) is 12.8. The normalized spacial score (nSPS) is 12.0. The number of benzene rings is 1. The summed E-state index contributed by atoms with van der Waals surface area (Å²) >= 11 is 1.57. The molecule has 1 atom stereocenters. The van der Waals surface area contributed by atoms with Crippen molar-refractivity contribution in [2.75, 3.05) is 0 Å². The number of carbonyl (C=O) groups excluding carboxylic acids is 1. The summed E-state index contributed by atoms with van der Waals surface area (Å²) in [6, 6.07) is 13.2. The SMILES string of the molecule is CC(NC(=O)Cc1cccs1)c1nnnn1-c1ccccc1. The van der Waals surface area contributed by atoms with Crippen molar-refractivity contribution in [3.05, 3.63) is 58.5 Å². The number of nitrogens with zero attached hydrogens (tertiary/aromatic N) is 4. The quantitative estimate of drug-likeness (QED) is 0.783. The van der Waals surface area contributed by atoms with Gasteiger partial charge in [0.05, 0.1) is 18.2 Å². The van der Waals surface area contributed by atoms with Crippen LogP contribution in [0.2, 0.25) is 0 Å². The zero-order valence-electron chi connectivity index (χ0n) is 12.0. The predicted molar refractivity (Wildman–Crippen MR) is 83.7 cm³/mol. The molecule has 1 unspecified atom stereocenters. The number of aromatic nitrogens is 4. The van der Waals surface area contributed by atoms with E-state index in [2.05, 4.69) is 20.8 Å². The number of rotatable bonds is 5. The molecule has 1 aromatic carbocycles. The summed E-state index contributed by atoms with van der Waals surface area (Å²) in [6.07, 6.45) is 0.370. The first-order valence-corrected chi connectivity index (χ1v) is 7.77. The van der Waals surface area contributed by atoms with Crippen LogP contribution in [0.4, 0.5) is 0 Å². The molecule has 2 heterocycles. The number of tetrazole rings is 1. The second kappa shape index (κ2) is 6.48. The third-order valence-electron chi connectivity index (χ3n) is 3.17. The number of para-hydroxylation sites is 1. The summed E-state index contributed by atoms with van der Waals surface area (Å²) in [5, 5.41) is 16.6. The topological polar surface area (TPSA) is 72.7 Å². The van der Waals surface area contributed by atoms with E-state index in [1.807, 2.05) is 54.8 Å². The Bertz CT molecular complexity index is 738. The van der Waals surface area contributed by atoms with Crippen molar-refractivity contribution in [1.82, 2.24) is 25.5 Å². The van der Waals surface area contributed by atoms with E-state index in [0.717, 1.165) is 10.6 Å². The molecule has 0 aliphatic carbocycles. The van der Waals surface area contributed by atoms with Crippen molar-refractivity contribution in [2.24, 2.45) is 0 Å². The van der Waals surface area contributed by atoms with Gasteiger partial charge in [-0.25, -0.2) is 0 Å². The highest BCUT2D eigenvalue weighted by atomic mass is 32.1. The van der Waals surface area contributed by atoms with Crippen LogP contribution in [-0.4, -0.2) is 26.1 Å². The van der Waals surface area contributed by atoms with E-state index in [4.69, 9.17) is 0 Å². The Hall–Kier alpha value is -2.54. The first kappa shape index (κ1) is 14.4. The average Bonchev–Trinajstić information content (AvgIpc) is 3.18. The minimum absolute atomic E-state index is 0.0439. The van der Waals surface area contributed by atoms with Gasteiger partial charge in [0.25, 0.3) is 0 Å². The molecular weight excluding hydrogens is 298 g/mol. The molecule has 6 nitrogen and oxygen atoms in total. The Morgan fingerprint density at radius 3 is 2.82 bits per heavy atom. The number of carbonyl (C=O) groups is 1. The van der Waals surface area contributed by atoms with Gasteiger partial charge in [0.15, 0.2) is 5.82 Å². The van der Waals surface area contributed by atoms with Crippen LogP contribution in [0.25, 0.3) is 5.69 Å². The van der Waals surface area contributed by atoms with E-state index in [9.17, 15) is 4.79 Å². The first-order chi connectivity index (χ1) is 10.7. The minimum Gasteiger partial charge on any atom is -0.346 e. The lowest BCUT2D eigenvalue weighted by molar-refractivity contribution is -0.121. The van der Waals surface area contributed by atoms with Crippen molar-refractivity contribution in [3.63, 3.8) is 0 Å². The maximum absolute atomic E-state index is 12.1. The van der Waals surface area contributed by atoms with E-state index in [1.54, 1.807) is 16.0 Å². The Kier molecular flexibility index (Phi) is 4.24. The summed E-state index contributed by atoms with van der Waals surface area (Å²) in [5.74, 6) is 0.559. The van der Waals surface area contributed by atoms with E-state index in [0.29, 0.717) is 12.2 Å². The first-order valence-electron chi connectivity index (χ1n) is 6.89. The molecule has 3 rings (SSSR count). The van der Waals surface area contributed by atoms with Crippen LogP contribution in [0.5, 0.6) is 0 Å². The van der Waals surface area contributed by atoms with Crippen molar-refractivity contribution in [1.29, 1.82) is 0 Å². The van der Waals surface area contributed by atoms with Crippen LogP contribution >= 0.6 is 11.3 Å². The lowest BCUT2D eigenvalue weighted by Gasteiger charge is -2.13. The Labute approximate surface area is 131 Å². The van der Waals surface area contributed by atoms with E-state index in [1.165, 1.54) is 0 Å². The number of amides is 1. The van der Waals surface area contributed by atoms with Crippen molar-refractivity contribution < 1.29 is 4.79 Å². The third kappa shape index (κ3) is 3.20. The van der Waals surface area contributed by atoms with Crippen LogP contribution in [0, 0.1) is 0 Å². The second-order valence-corrected chi connectivity index (χ2v) is 5.86. The summed E-state index contributed by atoms with van der Waals surface area (Å²) in [4.78, 5) is 13.1. The molecule has 112 valence electrons. The van der Waals surface area contributed by atoms with E-state index >= 15 is 0 Å². The average molecular weight is 313 g/mol. The van der Waals surface area contributed by atoms with E-state index < -0.39 is 0 Å². The summed E-state index contributed by atoms with van der Waals surface area (Å²) < 4.78 is 1.64. The highest BCUT2D eigenvalue weighted by Gasteiger charge is 2.18.